The largest absolute Gasteiger partial charge is 0.467 e. The van der Waals surface area contributed by atoms with Crippen LogP contribution in [0.4, 0.5) is 0 Å². The molecular weight excluding hydrogens is 298 g/mol. The average molecular weight is 309 g/mol. The highest BCUT2D eigenvalue weighted by molar-refractivity contribution is 5.98. The van der Waals surface area contributed by atoms with Crippen LogP contribution in [0.5, 0.6) is 0 Å². The summed E-state index contributed by atoms with van der Waals surface area (Å²) in [5.41, 5.74) is 0.451. The van der Waals surface area contributed by atoms with E-state index in [1.807, 2.05) is 0 Å². The van der Waals surface area contributed by atoms with Gasteiger partial charge >= 0.3 is 0 Å². The highest BCUT2D eigenvalue weighted by atomic mass is 16.3. The van der Waals surface area contributed by atoms with Crippen LogP contribution in [0.25, 0.3) is 16.6 Å². The van der Waals surface area contributed by atoms with Gasteiger partial charge in [0.15, 0.2) is 11.3 Å². The van der Waals surface area contributed by atoms with E-state index in [9.17, 15) is 9.59 Å². The number of nitrogens with one attached hydrogen (secondary N) is 2. The first-order valence-corrected chi connectivity index (χ1v) is 6.90. The van der Waals surface area contributed by atoms with E-state index in [2.05, 4.69) is 20.6 Å². The number of carbonyl (C=O) groups excluding carboxylic acids is 1. The van der Waals surface area contributed by atoms with Crippen LogP contribution in [-0.2, 0) is 6.54 Å². The van der Waals surface area contributed by atoms with Crippen LogP contribution >= 0.6 is 0 Å². The number of H-pyrrole nitrogens is 1. The minimum Gasteiger partial charge on any atom is -0.467 e. The van der Waals surface area contributed by atoms with Gasteiger partial charge in [0.2, 0.25) is 0 Å². The van der Waals surface area contributed by atoms with E-state index in [4.69, 9.17) is 4.42 Å². The Kier molecular flexibility index (Phi) is 2.94. The Labute approximate surface area is 128 Å². The van der Waals surface area contributed by atoms with Gasteiger partial charge in [0.05, 0.1) is 23.7 Å². The number of rotatable bonds is 3. The molecule has 1 amide bonds. The van der Waals surface area contributed by atoms with Crippen LogP contribution in [0.15, 0.2) is 51.9 Å². The van der Waals surface area contributed by atoms with Gasteiger partial charge in [-0.15, -0.1) is 5.10 Å². The van der Waals surface area contributed by atoms with Crippen molar-refractivity contribution in [1.82, 2.24) is 25.1 Å². The zero-order chi connectivity index (χ0) is 15.8. The Bertz CT molecular complexity index is 1060. The van der Waals surface area contributed by atoms with Crippen LogP contribution in [0.2, 0.25) is 0 Å². The third kappa shape index (κ3) is 2.16. The van der Waals surface area contributed by atoms with Crippen molar-refractivity contribution in [3.8, 4) is 0 Å². The zero-order valence-corrected chi connectivity index (χ0v) is 11.8. The number of furan rings is 1. The lowest BCUT2D eigenvalue weighted by Gasteiger charge is -2.01. The molecule has 4 rings (SSSR count). The first-order valence-electron chi connectivity index (χ1n) is 6.90. The molecule has 0 fully saturated rings. The van der Waals surface area contributed by atoms with Crippen molar-refractivity contribution in [2.45, 2.75) is 6.54 Å². The maximum atomic E-state index is 12.3. The summed E-state index contributed by atoms with van der Waals surface area (Å²) in [6.07, 6.45) is 1.53. The fourth-order valence-electron chi connectivity index (χ4n) is 2.40. The molecule has 3 aromatic heterocycles. The molecule has 0 aliphatic rings. The number of amides is 1. The summed E-state index contributed by atoms with van der Waals surface area (Å²) in [4.78, 5) is 28.3. The summed E-state index contributed by atoms with van der Waals surface area (Å²) in [5, 5.41) is 9.83. The molecule has 4 aromatic rings. The molecule has 0 spiro atoms. The number of fused-ring (bicyclic) bond motifs is 3. The van der Waals surface area contributed by atoms with Crippen LogP contribution in [-0.4, -0.2) is 25.7 Å². The van der Waals surface area contributed by atoms with E-state index in [-0.39, 0.29) is 17.9 Å². The van der Waals surface area contributed by atoms with Gasteiger partial charge in [-0.25, -0.2) is 9.73 Å². The Hall–Kier alpha value is -3.42. The van der Waals surface area contributed by atoms with Crippen molar-refractivity contribution >= 4 is 22.5 Å². The lowest BCUT2D eigenvalue weighted by Crippen LogP contribution is -2.24. The van der Waals surface area contributed by atoms with Crippen molar-refractivity contribution in [3.05, 3.63) is 64.5 Å². The van der Waals surface area contributed by atoms with E-state index >= 15 is 0 Å². The normalized spacial score (nSPS) is 11.1. The maximum absolute atomic E-state index is 12.3. The molecule has 0 aliphatic carbocycles. The summed E-state index contributed by atoms with van der Waals surface area (Å²) < 4.78 is 6.66. The Morgan fingerprint density at radius 3 is 2.96 bits per heavy atom. The predicted octanol–water partition coefficient (Wildman–Crippen LogP) is 1.09. The minimum atomic E-state index is -0.442. The molecule has 0 unspecified atom stereocenters. The fraction of sp³-hybridized carbons (Fsp3) is 0.0667. The van der Waals surface area contributed by atoms with E-state index < -0.39 is 11.5 Å². The highest BCUT2D eigenvalue weighted by Gasteiger charge is 2.18. The number of hydrogen-bond acceptors (Lipinski definition) is 5. The first-order chi connectivity index (χ1) is 11.2. The van der Waals surface area contributed by atoms with Gasteiger partial charge in [0.25, 0.3) is 11.5 Å². The van der Waals surface area contributed by atoms with Crippen molar-refractivity contribution < 1.29 is 9.21 Å². The molecular formula is C15H11N5O3. The monoisotopic (exact) mass is 309 g/mol. The molecule has 0 saturated carbocycles. The Morgan fingerprint density at radius 1 is 1.26 bits per heavy atom. The van der Waals surface area contributed by atoms with Crippen LogP contribution in [0.1, 0.15) is 16.2 Å². The number of benzene rings is 1. The predicted molar refractivity (Wildman–Crippen MR) is 81.0 cm³/mol. The molecule has 0 saturated heterocycles. The van der Waals surface area contributed by atoms with Gasteiger partial charge in [-0.3, -0.25) is 9.59 Å². The number of carbonyl (C=O) groups is 1. The molecule has 8 heteroatoms. The minimum absolute atomic E-state index is 0.0550. The second-order valence-electron chi connectivity index (χ2n) is 4.92. The standard InChI is InChI=1S/C15H11N5O3/c21-14-10-5-1-2-6-11(10)20-13(17-14)12(18-19-20)15(22)16-8-9-4-3-7-23-9/h1-7,19H,8H2,(H,16,22). The topological polar surface area (TPSA) is 105 Å². The molecule has 2 N–H and O–H groups in total. The second kappa shape index (κ2) is 5.09. The van der Waals surface area contributed by atoms with E-state index in [1.54, 1.807) is 36.4 Å². The van der Waals surface area contributed by atoms with Crippen molar-refractivity contribution in [1.29, 1.82) is 0 Å². The summed E-state index contributed by atoms with van der Waals surface area (Å²) in [6.45, 7) is 0.225. The van der Waals surface area contributed by atoms with E-state index in [0.29, 0.717) is 16.7 Å². The van der Waals surface area contributed by atoms with Gasteiger partial charge in [-0.2, -0.15) is 4.98 Å². The van der Waals surface area contributed by atoms with Gasteiger partial charge in [-0.05, 0) is 24.3 Å². The Morgan fingerprint density at radius 2 is 2.13 bits per heavy atom. The van der Waals surface area contributed by atoms with E-state index in [1.165, 1.54) is 10.8 Å². The SMILES string of the molecule is O=C(NCc1ccco1)c1n[nH]n2c1nc(=O)c1ccccc12. The fourth-order valence-corrected chi connectivity index (χ4v) is 2.40. The summed E-state index contributed by atoms with van der Waals surface area (Å²) >= 11 is 0. The smallest absolute Gasteiger partial charge is 0.281 e. The molecule has 3 heterocycles. The lowest BCUT2D eigenvalue weighted by atomic mass is 10.2. The van der Waals surface area contributed by atoms with Crippen molar-refractivity contribution in [2.24, 2.45) is 0 Å². The number of nitrogens with zero attached hydrogens (tertiary/aromatic N) is 3. The number of aromatic nitrogens is 4. The molecule has 0 radical (unpaired) electrons. The third-order valence-corrected chi connectivity index (χ3v) is 3.49. The van der Waals surface area contributed by atoms with Gasteiger partial charge in [-0.1, -0.05) is 12.1 Å². The molecule has 0 bridgehead atoms. The first kappa shape index (κ1) is 13.3. The summed E-state index contributed by atoms with van der Waals surface area (Å²) in [6, 6.07) is 10.5. The molecule has 0 aliphatic heterocycles. The summed E-state index contributed by atoms with van der Waals surface area (Å²) in [7, 11) is 0. The second-order valence-corrected chi connectivity index (χ2v) is 4.92. The van der Waals surface area contributed by atoms with E-state index in [0.717, 1.165) is 0 Å². The number of para-hydroxylation sites is 1. The van der Waals surface area contributed by atoms with Gasteiger partial charge in [0.1, 0.15) is 5.76 Å². The lowest BCUT2D eigenvalue weighted by molar-refractivity contribution is 0.0944. The molecule has 23 heavy (non-hydrogen) atoms. The van der Waals surface area contributed by atoms with Crippen molar-refractivity contribution in [2.75, 3.05) is 0 Å². The van der Waals surface area contributed by atoms with Gasteiger partial charge in [0, 0.05) is 0 Å². The zero-order valence-electron chi connectivity index (χ0n) is 11.8. The summed E-state index contributed by atoms with van der Waals surface area (Å²) in [5.74, 6) is 0.177. The number of hydrogen-bond donors (Lipinski definition) is 2. The average Bonchev–Trinajstić information content (AvgIpc) is 3.22. The molecule has 0 atom stereocenters. The number of aromatic amines is 1. The molecule has 114 valence electrons. The highest BCUT2D eigenvalue weighted by Crippen LogP contribution is 2.12. The Balaban J connectivity index is 1.76. The maximum Gasteiger partial charge on any atom is 0.281 e. The van der Waals surface area contributed by atoms with Gasteiger partial charge < -0.3 is 9.73 Å². The third-order valence-electron chi connectivity index (χ3n) is 3.49. The molecule has 1 aromatic carbocycles. The van der Waals surface area contributed by atoms with Crippen LogP contribution in [0.3, 0.4) is 0 Å². The van der Waals surface area contributed by atoms with Crippen LogP contribution < -0.4 is 10.9 Å². The quantitative estimate of drug-likeness (QED) is 0.589. The van der Waals surface area contributed by atoms with Crippen LogP contribution in [0, 0.1) is 0 Å². The molecule has 8 nitrogen and oxygen atoms in total. The van der Waals surface area contributed by atoms with Crippen molar-refractivity contribution in [3.63, 3.8) is 0 Å².